The average Bonchev–Trinajstić information content (AvgIpc) is 2.69. The van der Waals surface area contributed by atoms with Crippen LogP contribution >= 0.6 is 0 Å². The van der Waals surface area contributed by atoms with E-state index >= 15 is 0 Å². The van der Waals surface area contributed by atoms with Gasteiger partial charge in [-0.3, -0.25) is 4.79 Å². The first-order valence-electron chi connectivity index (χ1n) is 9.59. The van der Waals surface area contributed by atoms with Gasteiger partial charge in [0.2, 0.25) is 15.9 Å². The molecule has 8 heteroatoms. The first-order chi connectivity index (χ1) is 13.8. The summed E-state index contributed by atoms with van der Waals surface area (Å²) in [7, 11) is -3.78. The van der Waals surface area contributed by atoms with Gasteiger partial charge >= 0.3 is 0 Å². The van der Waals surface area contributed by atoms with E-state index in [-0.39, 0.29) is 23.5 Å². The van der Waals surface area contributed by atoms with Crippen LogP contribution in [0.2, 0.25) is 0 Å². The Morgan fingerprint density at radius 3 is 2.55 bits per heavy atom. The van der Waals surface area contributed by atoms with Crippen LogP contribution in [0.5, 0.6) is 5.75 Å². The van der Waals surface area contributed by atoms with Crippen LogP contribution in [0.1, 0.15) is 26.7 Å². The van der Waals surface area contributed by atoms with Crippen molar-refractivity contribution in [3.05, 3.63) is 54.3 Å². The number of nitrogens with one attached hydrogen (secondary N) is 1. The molecule has 1 N–H and O–H groups in total. The highest BCUT2D eigenvalue weighted by molar-refractivity contribution is 7.89. The predicted octanol–water partition coefficient (Wildman–Crippen LogP) is 3.65. The summed E-state index contributed by atoms with van der Waals surface area (Å²) in [6.07, 6.45) is 1.12. The van der Waals surface area contributed by atoms with Crippen LogP contribution in [-0.4, -0.2) is 37.8 Å². The zero-order chi connectivity index (χ0) is 21.0. The zero-order valence-electron chi connectivity index (χ0n) is 16.5. The Labute approximate surface area is 170 Å². The molecular weight excluding hydrogens is 395 g/mol. The summed E-state index contributed by atoms with van der Waals surface area (Å²) in [6.45, 7) is 4.21. The molecule has 1 atom stereocenters. The number of halogens is 1. The Balaban J connectivity index is 1.72. The summed E-state index contributed by atoms with van der Waals surface area (Å²) in [6, 6.07) is 11.9. The van der Waals surface area contributed by atoms with E-state index in [1.807, 2.05) is 19.9 Å². The largest absolute Gasteiger partial charge is 0.489 e. The summed E-state index contributed by atoms with van der Waals surface area (Å²) in [5.74, 6) is -0.653. The van der Waals surface area contributed by atoms with E-state index in [0.29, 0.717) is 30.8 Å². The van der Waals surface area contributed by atoms with Gasteiger partial charge in [-0.25, -0.2) is 12.8 Å². The molecule has 2 aromatic rings. The Kier molecular flexibility index (Phi) is 6.54. The van der Waals surface area contributed by atoms with E-state index in [0.717, 1.165) is 12.1 Å². The smallest absolute Gasteiger partial charge is 0.243 e. The molecule has 3 rings (SSSR count). The monoisotopic (exact) mass is 420 g/mol. The molecular formula is C21H25FN2O4S. The SMILES string of the molecule is CC(C)Oc1ccccc1NC(=O)[C@@H]1CCCN(S(=O)(=O)c2ccc(F)cc2)C1. The molecule has 1 fully saturated rings. The quantitative estimate of drug-likeness (QED) is 0.774. The van der Waals surface area contributed by atoms with E-state index in [2.05, 4.69) is 5.32 Å². The van der Waals surface area contributed by atoms with E-state index in [1.165, 1.54) is 16.4 Å². The summed E-state index contributed by atoms with van der Waals surface area (Å²) in [5, 5.41) is 2.87. The lowest BCUT2D eigenvalue weighted by molar-refractivity contribution is -0.120. The molecule has 1 saturated heterocycles. The fourth-order valence-corrected chi connectivity index (χ4v) is 4.82. The maximum atomic E-state index is 13.1. The van der Waals surface area contributed by atoms with Crippen LogP contribution in [0, 0.1) is 11.7 Å². The van der Waals surface area contributed by atoms with Crippen molar-refractivity contribution in [2.24, 2.45) is 5.92 Å². The third kappa shape index (κ3) is 5.13. The van der Waals surface area contributed by atoms with Crippen molar-refractivity contribution in [3.8, 4) is 5.75 Å². The van der Waals surface area contributed by atoms with Gasteiger partial charge < -0.3 is 10.1 Å². The molecule has 1 heterocycles. The third-order valence-electron chi connectivity index (χ3n) is 4.71. The predicted molar refractivity (Wildman–Crippen MR) is 109 cm³/mol. The maximum absolute atomic E-state index is 13.1. The Morgan fingerprint density at radius 2 is 1.86 bits per heavy atom. The highest BCUT2D eigenvalue weighted by Gasteiger charge is 2.33. The number of sulfonamides is 1. The van der Waals surface area contributed by atoms with Gasteiger partial charge in [0.15, 0.2) is 0 Å². The van der Waals surface area contributed by atoms with Crippen LogP contribution in [0.15, 0.2) is 53.4 Å². The second-order valence-corrected chi connectivity index (χ2v) is 9.25. The van der Waals surface area contributed by atoms with Crippen LogP contribution in [0.3, 0.4) is 0 Å². The molecule has 0 unspecified atom stereocenters. The molecule has 2 aromatic carbocycles. The van der Waals surface area contributed by atoms with Gasteiger partial charge in [0.1, 0.15) is 11.6 Å². The van der Waals surface area contributed by atoms with Gasteiger partial charge in [0.05, 0.1) is 22.6 Å². The number of amides is 1. The van der Waals surface area contributed by atoms with Crippen LogP contribution in [0.4, 0.5) is 10.1 Å². The molecule has 0 aliphatic carbocycles. The average molecular weight is 421 g/mol. The second kappa shape index (κ2) is 8.92. The minimum atomic E-state index is -3.78. The lowest BCUT2D eigenvalue weighted by atomic mass is 9.98. The van der Waals surface area contributed by atoms with E-state index < -0.39 is 21.8 Å². The number of hydrogen-bond donors (Lipinski definition) is 1. The zero-order valence-corrected chi connectivity index (χ0v) is 17.3. The number of para-hydroxylation sites is 2. The summed E-state index contributed by atoms with van der Waals surface area (Å²) in [4.78, 5) is 12.8. The van der Waals surface area contributed by atoms with Gasteiger partial charge in [0.25, 0.3) is 0 Å². The number of carbonyl (C=O) groups excluding carboxylic acids is 1. The van der Waals surface area contributed by atoms with Gasteiger partial charge in [-0.2, -0.15) is 4.31 Å². The summed E-state index contributed by atoms with van der Waals surface area (Å²) >= 11 is 0. The van der Waals surface area contributed by atoms with Crippen molar-refractivity contribution >= 4 is 21.6 Å². The number of anilines is 1. The molecule has 0 spiro atoms. The third-order valence-corrected chi connectivity index (χ3v) is 6.59. The van der Waals surface area contributed by atoms with Crippen LogP contribution < -0.4 is 10.1 Å². The van der Waals surface area contributed by atoms with Crippen molar-refractivity contribution < 1.29 is 22.3 Å². The first kappa shape index (κ1) is 21.3. The molecule has 156 valence electrons. The van der Waals surface area contributed by atoms with Crippen molar-refractivity contribution in [1.82, 2.24) is 4.31 Å². The molecule has 1 aliphatic heterocycles. The lowest BCUT2D eigenvalue weighted by Gasteiger charge is -2.31. The number of rotatable bonds is 6. The molecule has 6 nitrogen and oxygen atoms in total. The first-order valence-corrected chi connectivity index (χ1v) is 11.0. The van der Waals surface area contributed by atoms with Crippen molar-refractivity contribution in [2.75, 3.05) is 18.4 Å². The number of hydrogen-bond acceptors (Lipinski definition) is 4. The molecule has 1 aliphatic rings. The molecule has 1 amide bonds. The number of carbonyl (C=O) groups is 1. The topological polar surface area (TPSA) is 75.7 Å². The van der Waals surface area contributed by atoms with Crippen molar-refractivity contribution in [1.29, 1.82) is 0 Å². The van der Waals surface area contributed by atoms with Crippen molar-refractivity contribution in [2.45, 2.75) is 37.7 Å². The number of ether oxygens (including phenoxy) is 1. The lowest BCUT2D eigenvalue weighted by Crippen LogP contribution is -2.43. The van der Waals surface area contributed by atoms with E-state index in [1.54, 1.807) is 18.2 Å². The maximum Gasteiger partial charge on any atom is 0.243 e. The highest BCUT2D eigenvalue weighted by atomic mass is 32.2. The van der Waals surface area contributed by atoms with Gasteiger partial charge in [-0.15, -0.1) is 0 Å². The number of nitrogens with zero attached hydrogens (tertiary/aromatic N) is 1. The Hall–Kier alpha value is -2.45. The van der Waals surface area contributed by atoms with Gasteiger partial charge in [-0.1, -0.05) is 12.1 Å². The van der Waals surface area contributed by atoms with Crippen molar-refractivity contribution in [3.63, 3.8) is 0 Å². The van der Waals surface area contributed by atoms with Crippen LogP contribution in [0.25, 0.3) is 0 Å². The fourth-order valence-electron chi connectivity index (χ4n) is 3.29. The molecule has 29 heavy (non-hydrogen) atoms. The molecule has 0 bridgehead atoms. The second-order valence-electron chi connectivity index (χ2n) is 7.31. The Morgan fingerprint density at radius 1 is 1.17 bits per heavy atom. The van der Waals surface area contributed by atoms with E-state index in [9.17, 15) is 17.6 Å². The van der Waals surface area contributed by atoms with Gasteiger partial charge in [0, 0.05) is 13.1 Å². The van der Waals surface area contributed by atoms with Crippen LogP contribution in [-0.2, 0) is 14.8 Å². The Bertz CT molecular complexity index is 961. The number of piperidine rings is 1. The standard InChI is InChI=1S/C21H25FN2O4S/c1-15(2)28-20-8-4-3-7-19(20)23-21(25)16-6-5-13-24(14-16)29(26,27)18-11-9-17(22)10-12-18/h3-4,7-12,15-16H,5-6,13-14H2,1-2H3,(H,23,25)/t16-/m1/s1. The number of benzene rings is 2. The van der Waals surface area contributed by atoms with Gasteiger partial charge in [-0.05, 0) is 63.1 Å². The molecule has 0 aromatic heterocycles. The summed E-state index contributed by atoms with van der Waals surface area (Å²) < 4.78 is 45.9. The molecule has 0 saturated carbocycles. The fraction of sp³-hybridized carbons (Fsp3) is 0.381. The highest BCUT2D eigenvalue weighted by Crippen LogP contribution is 2.28. The van der Waals surface area contributed by atoms with E-state index in [4.69, 9.17) is 4.74 Å². The normalized spacial score (nSPS) is 17.9. The summed E-state index contributed by atoms with van der Waals surface area (Å²) in [5.41, 5.74) is 0.560. The molecule has 0 radical (unpaired) electrons. The minimum absolute atomic E-state index is 0.0237. The minimum Gasteiger partial charge on any atom is -0.489 e.